The van der Waals surface area contributed by atoms with Crippen LogP contribution in [-0.4, -0.2) is 22.1 Å². The fourth-order valence-corrected chi connectivity index (χ4v) is 2.68. The lowest BCUT2D eigenvalue weighted by Crippen LogP contribution is -2.19. The molecule has 0 amide bonds. The van der Waals surface area contributed by atoms with Gasteiger partial charge in [-0.2, -0.15) is 4.98 Å². The molecule has 1 aromatic carbocycles. The summed E-state index contributed by atoms with van der Waals surface area (Å²) < 4.78 is 5.12. The smallest absolute Gasteiger partial charge is 0.215 e. The highest BCUT2D eigenvalue weighted by Crippen LogP contribution is 2.39. The van der Waals surface area contributed by atoms with Crippen LogP contribution < -0.4 is 4.74 Å². The summed E-state index contributed by atoms with van der Waals surface area (Å²) in [5.41, 5.74) is 4.46. The number of hydrogen-bond acceptors (Lipinski definition) is 3. The van der Waals surface area contributed by atoms with E-state index in [0.717, 1.165) is 23.4 Å². The van der Waals surface area contributed by atoms with Crippen molar-refractivity contribution in [3.8, 4) is 5.88 Å². The number of H-pyrrole nitrogens is 1. The van der Waals surface area contributed by atoms with E-state index in [1.54, 1.807) is 7.11 Å². The van der Waals surface area contributed by atoms with Crippen LogP contribution in [0.25, 0.3) is 11.2 Å². The summed E-state index contributed by atoms with van der Waals surface area (Å²) in [5.74, 6) is 1.96. The molecule has 4 rings (SSSR count). The predicted octanol–water partition coefficient (Wildman–Crippen LogP) is 2.65. The van der Waals surface area contributed by atoms with Crippen LogP contribution in [0.5, 0.6) is 5.88 Å². The lowest BCUT2D eigenvalue weighted by atomic mass is 9.77. The summed E-state index contributed by atoms with van der Waals surface area (Å²) >= 11 is 0. The first-order chi connectivity index (χ1) is 9.35. The van der Waals surface area contributed by atoms with Gasteiger partial charge in [0.15, 0.2) is 5.65 Å². The second kappa shape index (κ2) is 3.82. The molecule has 4 nitrogen and oxygen atoms in total. The number of ether oxygens (including phenoxy) is 1. The third-order valence-corrected chi connectivity index (χ3v) is 3.73. The van der Waals surface area contributed by atoms with Crippen LogP contribution in [0.2, 0.25) is 0 Å². The zero-order valence-electron chi connectivity index (χ0n) is 10.6. The summed E-state index contributed by atoms with van der Waals surface area (Å²) in [6.07, 6.45) is 1.05. The van der Waals surface area contributed by atoms with Crippen molar-refractivity contribution in [3.05, 3.63) is 53.3 Å². The number of hydrogen-bond donors (Lipinski definition) is 1. The zero-order valence-corrected chi connectivity index (χ0v) is 10.6. The van der Waals surface area contributed by atoms with Crippen LogP contribution in [0.1, 0.15) is 22.9 Å². The van der Waals surface area contributed by atoms with Crippen LogP contribution >= 0.6 is 0 Å². The lowest BCUT2D eigenvalue weighted by Gasteiger charge is -2.28. The third kappa shape index (κ3) is 1.53. The molecule has 94 valence electrons. The van der Waals surface area contributed by atoms with Crippen molar-refractivity contribution < 1.29 is 4.74 Å². The maximum atomic E-state index is 5.12. The van der Waals surface area contributed by atoms with Crippen molar-refractivity contribution >= 4 is 11.2 Å². The second-order valence-corrected chi connectivity index (χ2v) is 4.80. The molecule has 1 unspecified atom stereocenters. The van der Waals surface area contributed by atoms with Crippen molar-refractivity contribution in [1.82, 2.24) is 15.0 Å². The van der Waals surface area contributed by atoms with Gasteiger partial charge in [-0.3, -0.25) is 0 Å². The summed E-state index contributed by atoms with van der Waals surface area (Å²) in [4.78, 5) is 12.3. The maximum Gasteiger partial charge on any atom is 0.215 e. The molecule has 3 aromatic rings. The molecule has 1 N–H and O–H groups in total. The largest absolute Gasteiger partial charge is 0.481 e. The quantitative estimate of drug-likeness (QED) is 0.761. The molecule has 0 bridgehead atoms. The topological polar surface area (TPSA) is 50.8 Å². The molecule has 1 aliphatic carbocycles. The number of pyridine rings is 1. The van der Waals surface area contributed by atoms with Crippen molar-refractivity contribution in [2.24, 2.45) is 0 Å². The minimum Gasteiger partial charge on any atom is -0.481 e. The van der Waals surface area contributed by atoms with E-state index in [2.05, 4.69) is 39.2 Å². The van der Waals surface area contributed by atoms with Crippen molar-refractivity contribution in [1.29, 1.82) is 0 Å². The molecule has 0 spiro atoms. The van der Waals surface area contributed by atoms with Gasteiger partial charge >= 0.3 is 0 Å². The van der Waals surface area contributed by atoms with Crippen LogP contribution in [0.4, 0.5) is 0 Å². The average molecular weight is 251 g/mol. The molecular formula is C15H13N3O. The van der Waals surface area contributed by atoms with E-state index in [9.17, 15) is 0 Å². The van der Waals surface area contributed by atoms with E-state index >= 15 is 0 Å². The van der Waals surface area contributed by atoms with Gasteiger partial charge in [-0.05, 0) is 23.6 Å². The summed E-state index contributed by atoms with van der Waals surface area (Å²) in [5, 5.41) is 0. The van der Waals surface area contributed by atoms with Crippen LogP contribution in [0.3, 0.4) is 0 Å². The number of methoxy groups -OCH3 is 1. The number of fused-ring (bicyclic) bond motifs is 2. The Bertz CT molecular complexity index is 763. The second-order valence-electron chi connectivity index (χ2n) is 4.80. The SMILES string of the molecule is COc1ccc2[nH]c(C3Cc4ccccc43)nc2n1. The Kier molecular flexibility index (Phi) is 2.12. The molecule has 2 heterocycles. The number of aromatic nitrogens is 3. The molecule has 0 aliphatic heterocycles. The number of nitrogens with zero attached hydrogens (tertiary/aromatic N) is 2. The number of benzene rings is 1. The van der Waals surface area contributed by atoms with E-state index in [0.29, 0.717) is 11.8 Å². The van der Waals surface area contributed by atoms with Gasteiger partial charge in [-0.15, -0.1) is 0 Å². The van der Waals surface area contributed by atoms with E-state index in [1.807, 2.05) is 12.1 Å². The van der Waals surface area contributed by atoms with Crippen molar-refractivity contribution in [3.63, 3.8) is 0 Å². The minimum absolute atomic E-state index is 0.372. The summed E-state index contributed by atoms with van der Waals surface area (Å²) in [6.45, 7) is 0. The summed E-state index contributed by atoms with van der Waals surface area (Å²) in [7, 11) is 1.61. The number of imidazole rings is 1. The molecular weight excluding hydrogens is 238 g/mol. The van der Waals surface area contributed by atoms with E-state index in [1.165, 1.54) is 11.1 Å². The van der Waals surface area contributed by atoms with Crippen LogP contribution in [0, 0.1) is 0 Å². The van der Waals surface area contributed by atoms with Crippen molar-refractivity contribution in [2.45, 2.75) is 12.3 Å². The highest BCUT2D eigenvalue weighted by molar-refractivity contribution is 5.71. The standard InChI is InChI=1S/C15H13N3O/c1-19-13-7-6-12-15(17-13)18-14(16-12)11-8-9-4-2-3-5-10(9)11/h2-7,11H,8H2,1H3,(H,16,17,18). The average Bonchev–Trinajstić information content (AvgIpc) is 2.82. The molecule has 0 radical (unpaired) electrons. The predicted molar refractivity (Wildman–Crippen MR) is 72.4 cm³/mol. The fraction of sp³-hybridized carbons (Fsp3) is 0.200. The van der Waals surface area contributed by atoms with Gasteiger partial charge in [-0.25, -0.2) is 4.98 Å². The Balaban J connectivity index is 1.77. The number of aromatic amines is 1. The molecule has 1 aliphatic rings. The Labute approximate surface area is 110 Å². The van der Waals surface area contributed by atoms with Gasteiger partial charge in [0.05, 0.1) is 12.6 Å². The molecule has 2 aromatic heterocycles. The van der Waals surface area contributed by atoms with Gasteiger partial charge < -0.3 is 9.72 Å². The Morgan fingerprint density at radius 3 is 2.89 bits per heavy atom. The van der Waals surface area contributed by atoms with Gasteiger partial charge in [-0.1, -0.05) is 24.3 Å². The lowest BCUT2D eigenvalue weighted by molar-refractivity contribution is 0.399. The molecule has 19 heavy (non-hydrogen) atoms. The first-order valence-corrected chi connectivity index (χ1v) is 6.33. The molecule has 0 saturated heterocycles. The Hall–Kier alpha value is -2.36. The Morgan fingerprint density at radius 2 is 2.05 bits per heavy atom. The Morgan fingerprint density at radius 1 is 1.16 bits per heavy atom. The highest BCUT2D eigenvalue weighted by Gasteiger charge is 2.29. The highest BCUT2D eigenvalue weighted by atomic mass is 16.5. The first kappa shape index (κ1) is 10.6. The van der Waals surface area contributed by atoms with Gasteiger partial charge in [0.1, 0.15) is 5.82 Å². The monoisotopic (exact) mass is 251 g/mol. The van der Waals surface area contributed by atoms with E-state index < -0.39 is 0 Å². The first-order valence-electron chi connectivity index (χ1n) is 6.33. The number of nitrogens with one attached hydrogen (secondary N) is 1. The normalized spacial score (nSPS) is 17.0. The fourth-order valence-electron chi connectivity index (χ4n) is 2.68. The minimum atomic E-state index is 0.372. The van der Waals surface area contributed by atoms with E-state index in [-0.39, 0.29) is 0 Å². The molecule has 1 atom stereocenters. The van der Waals surface area contributed by atoms with Gasteiger partial charge in [0, 0.05) is 12.0 Å². The summed E-state index contributed by atoms with van der Waals surface area (Å²) in [6, 6.07) is 12.3. The van der Waals surface area contributed by atoms with E-state index in [4.69, 9.17) is 4.74 Å². The third-order valence-electron chi connectivity index (χ3n) is 3.73. The van der Waals surface area contributed by atoms with Gasteiger partial charge in [0.25, 0.3) is 0 Å². The molecule has 0 saturated carbocycles. The molecule has 4 heteroatoms. The maximum absolute atomic E-state index is 5.12. The van der Waals surface area contributed by atoms with Gasteiger partial charge in [0.2, 0.25) is 5.88 Å². The number of rotatable bonds is 2. The van der Waals surface area contributed by atoms with Crippen LogP contribution in [-0.2, 0) is 6.42 Å². The van der Waals surface area contributed by atoms with Crippen molar-refractivity contribution in [2.75, 3.05) is 7.11 Å². The zero-order chi connectivity index (χ0) is 12.8. The molecule has 0 fully saturated rings. The van der Waals surface area contributed by atoms with Crippen LogP contribution in [0.15, 0.2) is 36.4 Å².